The number of hydrogen-bond acceptors (Lipinski definition) is 3. The van der Waals surface area contributed by atoms with E-state index in [1.807, 2.05) is 12.1 Å². The summed E-state index contributed by atoms with van der Waals surface area (Å²) in [7, 11) is -0.725. The fourth-order valence-electron chi connectivity index (χ4n) is 1.69. The topological polar surface area (TPSA) is 35.5 Å². The number of benzene rings is 1. The van der Waals surface area contributed by atoms with Crippen LogP contribution in [0.1, 0.15) is 11.1 Å². The summed E-state index contributed by atoms with van der Waals surface area (Å²) in [6, 6.07) is 3.89. The van der Waals surface area contributed by atoms with E-state index in [0.717, 1.165) is 22.6 Å². The van der Waals surface area contributed by atoms with Gasteiger partial charge in [0.1, 0.15) is 0 Å². The van der Waals surface area contributed by atoms with Crippen molar-refractivity contribution in [3.63, 3.8) is 0 Å². The minimum Gasteiger partial charge on any atom is -0.454 e. The van der Waals surface area contributed by atoms with Gasteiger partial charge in [0.2, 0.25) is 6.79 Å². The maximum atomic E-state index is 11.3. The molecule has 4 heteroatoms. The lowest BCUT2D eigenvalue weighted by atomic mass is 10.1. The molecule has 2 aliphatic heterocycles. The highest BCUT2D eigenvalue weighted by Gasteiger charge is 2.23. The summed E-state index contributed by atoms with van der Waals surface area (Å²) in [6.45, 7) is 0.307. The molecule has 0 radical (unpaired) electrons. The molecule has 0 unspecified atom stereocenters. The third kappa shape index (κ3) is 1.05. The second kappa shape index (κ2) is 2.48. The van der Waals surface area contributed by atoms with Crippen molar-refractivity contribution in [3.05, 3.63) is 23.3 Å². The third-order valence-electron chi connectivity index (χ3n) is 2.33. The lowest BCUT2D eigenvalue weighted by Gasteiger charge is -1.99. The highest BCUT2D eigenvalue weighted by molar-refractivity contribution is 7.83. The van der Waals surface area contributed by atoms with Crippen molar-refractivity contribution in [2.24, 2.45) is 0 Å². The molecule has 13 heavy (non-hydrogen) atoms. The molecule has 0 fully saturated rings. The van der Waals surface area contributed by atoms with Crippen LogP contribution in [0.3, 0.4) is 0 Å². The van der Waals surface area contributed by atoms with Gasteiger partial charge >= 0.3 is 0 Å². The van der Waals surface area contributed by atoms with Crippen LogP contribution < -0.4 is 9.47 Å². The Labute approximate surface area is 78.1 Å². The zero-order valence-electron chi connectivity index (χ0n) is 6.91. The number of fused-ring (bicyclic) bond motifs is 2. The average Bonchev–Trinajstić information content (AvgIpc) is 2.63. The summed E-state index contributed by atoms with van der Waals surface area (Å²) >= 11 is 0. The first-order valence-electron chi connectivity index (χ1n) is 4.09. The standard InChI is InChI=1S/C9H8O3S/c10-13-3-6-1-8-9(12-5-11-8)2-7(6)4-13/h1-2H,3-5H2. The van der Waals surface area contributed by atoms with E-state index in [2.05, 4.69) is 0 Å². The van der Waals surface area contributed by atoms with Crippen molar-refractivity contribution in [1.29, 1.82) is 0 Å². The number of rotatable bonds is 0. The molecular formula is C9H8O3S. The summed E-state index contributed by atoms with van der Waals surface area (Å²) in [4.78, 5) is 0. The van der Waals surface area contributed by atoms with Crippen molar-refractivity contribution in [2.45, 2.75) is 11.5 Å². The molecule has 0 atom stereocenters. The van der Waals surface area contributed by atoms with E-state index in [1.54, 1.807) is 0 Å². The molecule has 2 aliphatic rings. The van der Waals surface area contributed by atoms with E-state index in [1.165, 1.54) is 0 Å². The largest absolute Gasteiger partial charge is 0.454 e. The Morgan fingerprint density at radius 3 is 2.15 bits per heavy atom. The number of ether oxygens (including phenoxy) is 2. The second-order valence-corrected chi connectivity index (χ2v) is 4.66. The third-order valence-corrected chi connectivity index (χ3v) is 3.59. The zero-order valence-corrected chi connectivity index (χ0v) is 7.73. The molecule has 0 saturated heterocycles. The maximum Gasteiger partial charge on any atom is 0.231 e. The van der Waals surface area contributed by atoms with Crippen molar-refractivity contribution >= 4 is 10.8 Å². The fourth-order valence-corrected chi connectivity index (χ4v) is 3.03. The van der Waals surface area contributed by atoms with Gasteiger partial charge < -0.3 is 9.47 Å². The van der Waals surface area contributed by atoms with Crippen LogP contribution in [0.4, 0.5) is 0 Å². The summed E-state index contributed by atoms with van der Waals surface area (Å²) in [5.74, 6) is 2.90. The van der Waals surface area contributed by atoms with Crippen LogP contribution in [-0.4, -0.2) is 11.0 Å². The monoisotopic (exact) mass is 196 g/mol. The Hall–Kier alpha value is -1.03. The van der Waals surface area contributed by atoms with E-state index < -0.39 is 10.8 Å². The Morgan fingerprint density at radius 2 is 1.62 bits per heavy atom. The molecule has 0 aliphatic carbocycles. The van der Waals surface area contributed by atoms with Gasteiger partial charge in [-0.05, 0) is 23.3 Å². The van der Waals surface area contributed by atoms with Crippen molar-refractivity contribution in [3.8, 4) is 11.5 Å². The molecule has 0 N–H and O–H groups in total. The Morgan fingerprint density at radius 1 is 1.08 bits per heavy atom. The average molecular weight is 196 g/mol. The predicted octanol–water partition coefficient (Wildman–Crippen LogP) is 1.18. The Kier molecular flexibility index (Phi) is 1.41. The van der Waals surface area contributed by atoms with Crippen LogP contribution in [0, 0.1) is 0 Å². The van der Waals surface area contributed by atoms with Crippen molar-refractivity contribution in [1.82, 2.24) is 0 Å². The zero-order chi connectivity index (χ0) is 8.84. The highest BCUT2D eigenvalue weighted by atomic mass is 32.2. The van der Waals surface area contributed by atoms with Gasteiger partial charge in [0.15, 0.2) is 11.5 Å². The van der Waals surface area contributed by atoms with Crippen LogP contribution in [0.25, 0.3) is 0 Å². The lowest BCUT2D eigenvalue weighted by Crippen LogP contribution is -1.93. The van der Waals surface area contributed by atoms with Gasteiger partial charge in [0.25, 0.3) is 0 Å². The SMILES string of the molecule is O=S1Cc2cc3c(cc2C1)OCO3. The summed E-state index contributed by atoms with van der Waals surface area (Å²) < 4.78 is 21.7. The van der Waals surface area contributed by atoms with E-state index in [-0.39, 0.29) is 0 Å². The van der Waals surface area contributed by atoms with Gasteiger partial charge in [0, 0.05) is 22.3 Å². The molecule has 0 amide bonds. The summed E-state index contributed by atoms with van der Waals surface area (Å²) in [6.07, 6.45) is 0. The predicted molar refractivity (Wildman–Crippen MR) is 48.1 cm³/mol. The molecule has 0 aromatic heterocycles. The van der Waals surface area contributed by atoms with Crippen LogP contribution in [-0.2, 0) is 22.3 Å². The quantitative estimate of drug-likeness (QED) is 0.625. The van der Waals surface area contributed by atoms with Gasteiger partial charge in [-0.1, -0.05) is 0 Å². The lowest BCUT2D eigenvalue weighted by molar-refractivity contribution is 0.174. The molecule has 68 valence electrons. The molecule has 3 nitrogen and oxygen atoms in total. The second-order valence-electron chi connectivity index (χ2n) is 3.20. The maximum absolute atomic E-state index is 11.3. The summed E-state index contributed by atoms with van der Waals surface area (Å²) in [5.41, 5.74) is 2.28. The normalized spacial score (nSPS) is 19.1. The van der Waals surface area contributed by atoms with Gasteiger partial charge in [-0.2, -0.15) is 0 Å². The first kappa shape index (κ1) is 7.38. The minimum atomic E-state index is -0.725. The molecular weight excluding hydrogens is 188 g/mol. The Bertz CT molecular complexity index is 365. The van der Waals surface area contributed by atoms with Gasteiger partial charge in [-0.25, -0.2) is 0 Å². The smallest absolute Gasteiger partial charge is 0.231 e. The van der Waals surface area contributed by atoms with Gasteiger partial charge in [0.05, 0.1) is 0 Å². The molecule has 0 spiro atoms. The molecule has 2 heterocycles. The minimum absolute atomic E-state index is 0.307. The molecule has 3 rings (SSSR count). The first-order chi connectivity index (χ1) is 6.33. The Balaban J connectivity index is 2.15. The van der Waals surface area contributed by atoms with Gasteiger partial charge in [-0.3, -0.25) is 4.21 Å². The molecule has 0 saturated carbocycles. The highest BCUT2D eigenvalue weighted by Crippen LogP contribution is 2.37. The van der Waals surface area contributed by atoms with Crippen molar-refractivity contribution < 1.29 is 13.7 Å². The van der Waals surface area contributed by atoms with E-state index in [4.69, 9.17) is 9.47 Å². The fraction of sp³-hybridized carbons (Fsp3) is 0.333. The van der Waals surface area contributed by atoms with Crippen LogP contribution in [0.15, 0.2) is 12.1 Å². The molecule has 1 aromatic carbocycles. The number of hydrogen-bond donors (Lipinski definition) is 0. The summed E-state index contributed by atoms with van der Waals surface area (Å²) in [5, 5.41) is 0. The van der Waals surface area contributed by atoms with Crippen LogP contribution in [0.2, 0.25) is 0 Å². The molecule has 1 aromatic rings. The first-order valence-corrected chi connectivity index (χ1v) is 5.58. The molecule has 0 bridgehead atoms. The van der Waals surface area contributed by atoms with Crippen LogP contribution in [0.5, 0.6) is 11.5 Å². The van der Waals surface area contributed by atoms with Crippen LogP contribution >= 0.6 is 0 Å². The van der Waals surface area contributed by atoms with E-state index in [9.17, 15) is 4.21 Å². The van der Waals surface area contributed by atoms with E-state index in [0.29, 0.717) is 18.3 Å². The van der Waals surface area contributed by atoms with Crippen molar-refractivity contribution in [2.75, 3.05) is 6.79 Å². The van der Waals surface area contributed by atoms with E-state index >= 15 is 0 Å². The van der Waals surface area contributed by atoms with Gasteiger partial charge in [-0.15, -0.1) is 0 Å².